The Morgan fingerprint density at radius 1 is 1.04 bits per heavy atom. The number of hydrogen-bond acceptors (Lipinski definition) is 5. The van der Waals surface area contributed by atoms with Crippen LogP contribution in [0.15, 0.2) is 55.0 Å². The van der Waals surface area contributed by atoms with Crippen molar-refractivity contribution in [3.8, 4) is 34.5 Å². The summed E-state index contributed by atoms with van der Waals surface area (Å²) in [5, 5.41) is 10.2. The van der Waals surface area contributed by atoms with Crippen molar-refractivity contribution in [1.82, 2.24) is 14.5 Å². The maximum atomic E-state index is 9.58. The first-order chi connectivity index (χ1) is 13.7. The van der Waals surface area contributed by atoms with Crippen LogP contribution in [0.3, 0.4) is 0 Å². The van der Waals surface area contributed by atoms with Gasteiger partial charge in [-0.05, 0) is 36.4 Å². The summed E-state index contributed by atoms with van der Waals surface area (Å²) in [5.41, 5.74) is 4.16. The molecule has 0 fully saturated rings. The summed E-state index contributed by atoms with van der Waals surface area (Å²) in [7, 11) is 0. The molecule has 0 N–H and O–H groups in total. The summed E-state index contributed by atoms with van der Waals surface area (Å²) in [4.78, 5) is 8.86. The fraction of sp³-hybridized carbons (Fsp3) is 0.0952. The Bertz CT molecular complexity index is 1260. The van der Waals surface area contributed by atoms with Crippen LogP contribution in [-0.2, 0) is 0 Å². The van der Waals surface area contributed by atoms with Gasteiger partial charge in [0.15, 0.2) is 11.5 Å². The minimum atomic E-state index is 0.469. The molecule has 3 heterocycles. The first-order valence-corrected chi connectivity index (χ1v) is 9.04. The Hall–Kier alpha value is -3.56. The topological polar surface area (TPSA) is 73.0 Å². The molecule has 2 aromatic carbocycles. The molecule has 0 atom stereocenters. The van der Waals surface area contributed by atoms with Crippen LogP contribution >= 0.6 is 11.6 Å². The standard InChI is InChI=1S/C21H13ClN4O2/c22-15-2-1-3-16(9-15)26-11-14(10-23)20-21(26)19(24-12-25-20)13-4-5-17-18(8-13)28-7-6-27-17/h1-5,8-9,11-12H,6-7H2. The van der Waals surface area contributed by atoms with E-state index in [0.29, 0.717) is 46.5 Å². The van der Waals surface area contributed by atoms with Crippen molar-refractivity contribution in [3.63, 3.8) is 0 Å². The average Bonchev–Trinajstić information content (AvgIpc) is 3.12. The SMILES string of the molecule is N#Cc1cn(-c2cccc(Cl)c2)c2c(-c3ccc4c(c3)OCCO4)ncnc12. The second-order valence-corrected chi connectivity index (χ2v) is 6.72. The Labute approximate surface area is 165 Å². The molecule has 0 bridgehead atoms. The van der Waals surface area contributed by atoms with Crippen molar-refractivity contribution >= 4 is 22.6 Å². The Morgan fingerprint density at radius 2 is 1.89 bits per heavy atom. The normalized spacial score (nSPS) is 12.7. The summed E-state index contributed by atoms with van der Waals surface area (Å²) in [6.07, 6.45) is 3.23. The largest absolute Gasteiger partial charge is 0.486 e. The van der Waals surface area contributed by atoms with Gasteiger partial charge in [-0.2, -0.15) is 5.26 Å². The molecule has 136 valence electrons. The average molecular weight is 389 g/mol. The monoisotopic (exact) mass is 388 g/mol. The fourth-order valence-corrected chi connectivity index (χ4v) is 3.56. The van der Waals surface area contributed by atoms with Gasteiger partial charge in [-0.15, -0.1) is 0 Å². The molecule has 4 aromatic rings. The van der Waals surface area contributed by atoms with E-state index < -0.39 is 0 Å². The highest BCUT2D eigenvalue weighted by Crippen LogP contribution is 2.37. The third kappa shape index (κ3) is 2.65. The van der Waals surface area contributed by atoms with Crippen LogP contribution in [0.5, 0.6) is 11.5 Å². The van der Waals surface area contributed by atoms with E-state index >= 15 is 0 Å². The van der Waals surface area contributed by atoms with Crippen LogP contribution in [0.25, 0.3) is 28.0 Å². The third-order valence-electron chi connectivity index (χ3n) is 4.60. The van der Waals surface area contributed by atoms with Gasteiger partial charge in [-0.25, -0.2) is 9.97 Å². The number of hydrogen-bond donors (Lipinski definition) is 0. The van der Waals surface area contributed by atoms with Gasteiger partial charge in [0.2, 0.25) is 0 Å². The van der Waals surface area contributed by atoms with Crippen LogP contribution < -0.4 is 9.47 Å². The Kier molecular flexibility index (Phi) is 3.89. The number of fused-ring (bicyclic) bond motifs is 2. The van der Waals surface area contributed by atoms with Gasteiger partial charge in [-0.1, -0.05) is 17.7 Å². The highest BCUT2D eigenvalue weighted by atomic mass is 35.5. The second kappa shape index (κ2) is 6.55. The van der Waals surface area contributed by atoms with Gasteiger partial charge < -0.3 is 14.0 Å². The Balaban J connectivity index is 1.78. The molecule has 0 unspecified atom stereocenters. The summed E-state index contributed by atoms with van der Waals surface area (Å²) < 4.78 is 13.2. The zero-order valence-corrected chi connectivity index (χ0v) is 15.3. The molecule has 0 aliphatic carbocycles. The molecule has 0 spiro atoms. The van der Waals surface area contributed by atoms with Crippen LogP contribution in [0.4, 0.5) is 0 Å². The molecule has 0 saturated heterocycles. The lowest BCUT2D eigenvalue weighted by Gasteiger charge is -2.19. The highest BCUT2D eigenvalue weighted by molar-refractivity contribution is 6.30. The van der Waals surface area contributed by atoms with Gasteiger partial charge in [0.05, 0.1) is 16.8 Å². The Morgan fingerprint density at radius 3 is 2.71 bits per heavy atom. The van der Waals surface area contributed by atoms with E-state index in [1.54, 1.807) is 12.3 Å². The number of rotatable bonds is 2. The van der Waals surface area contributed by atoms with Gasteiger partial charge in [0.1, 0.15) is 31.1 Å². The van der Waals surface area contributed by atoms with E-state index in [1.165, 1.54) is 6.33 Å². The fourth-order valence-electron chi connectivity index (χ4n) is 3.37. The molecule has 2 aromatic heterocycles. The quantitative estimate of drug-likeness (QED) is 0.509. The van der Waals surface area contributed by atoms with E-state index in [0.717, 1.165) is 16.8 Å². The third-order valence-corrected chi connectivity index (χ3v) is 4.83. The number of nitriles is 1. The molecular weight excluding hydrogens is 376 g/mol. The second-order valence-electron chi connectivity index (χ2n) is 6.28. The predicted molar refractivity (Wildman–Crippen MR) is 105 cm³/mol. The molecule has 1 aliphatic heterocycles. The molecule has 7 heteroatoms. The maximum Gasteiger partial charge on any atom is 0.162 e. The van der Waals surface area contributed by atoms with Gasteiger partial charge in [-0.3, -0.25) is 0 Å². The molecule has 0 radical (unpaired) electrons. The van der Waals surface area contributed by atoms with Crippen molar-refractivity contribution in [2.75, 3.05) is 13.2 Å². The van der Waals surface area contributed by atoms with E-state index in [-0.39, 0.29) is 0 Å². The van der Waals surface area contributed by atoms with Gasteiger partial charge >= 0.3 is 0 Å². The lowest BCUT2D eigenvalue weighted by Crippen LogP contribution is -2.15. The number of aromatic nitrogens is 3. The minimum absolute atomic E-state index is 0.469. The van der Waals surface area contributed by atoms with Crippen LogP contribution in [-0.4, -0.2) is 27.7 Å². The van der Waals surface area contributed by atoms with E-state index in [4.69, 9.17) is 21.1 Å². The van der Waals surface area contributed by atoms with Crippen molar-refractivity contribution in [3.05, 3.63) is 65.6 Å². The van der Waals surface area contributed by atoms with Crippen LogP contribution in [0.2, 0.25) is 5.02 Å². The highest BCUT2D eigenvalue weighted by Gasteiger charge is 2.19. The van der Waals surface area contributed by atoms with Crippen molar-refractivity contribution in [1.29, 1.82) is 5.26 Å². The smallest absolute Gasteiger partial charge is 0.162 e. The van der Waals surface area contributed by atoms with Gasteiger partial charge in [0.25, 0.3) is 0 Å². The predicted octanol–water partition coefficient (Wildman–Crippen LogP) is 4.38. The summed E-state index contributed by atoms with van der Waals surface area (Å²) in [6, 6.07) is 15.3. The van der Waals surface area contributed by atoms with E-state index in [9.17, 15) is 5.26 Å². The lowest BCUT2D eigenvalue weighted by atomic mass is 10.1. The number of halogens is 1. The minimum Gasteiger partial charge on any atom is -0.486 e. The molecular formula is C21H13ClN4O2. The first kappa shape index (κ1) is 16.6. The first-order valence-electron chi connectivity index (χ1n) is 8.67. The molecule has 28 heavy (non-hydrogen) atoms. The van der Waals surface area contributed by atoms with Crippen molar-refractivity contribution in [2.24, 2.45) is 0 Å². The zero-order chi connectivity index (χ0) is 19.1. The molecule has 1 aliphatic rings. The molecule has 0 saturated carbocycles. The van der Waals surface area contributed by atoms with Gasteiger partial charge in [0, 0.05) is 22.5 Å². The summed E-state index contributed by atoms with van der Waals surface area (Å²) in [6.45, 7) is 1.04. The zero-order valence-electron chi connectivity index (χ0n) is 14.6. The number of nitrogens with zero attached hydrogens (tertiary/aromatic N) is 4. The van der Waals surface area contributed by atoms with E-state index in [2.05, 4.69) is 16.0 Å². The van der Waals surface area contributed by atoms with Crippen LogP contribution in [0.1, 0.15) is 5.56 Å². The maximum absolute atomic E-state index is 9.58. The van der Waals surface area contributed by atoms with Crippen molar-refractivity contribution in [2.45, 2.75) is 0 Å². The molecule has 0 amide bonds. The summed E-state index contributed by atoms with van der Waals surface area (Å²) in [5.74, 6) is 1.39. The number of ether oxygens (including phenoxy) is 2. The number of benzene rings is 2. The lowest BCUT2D eigenvalue weighted by molar-refractivity contribution is 0.171. The molecule has 6 nitrogen and oxygen atoms in total. The molecule has 5 rings (SSSR count). The summed E-state index contributed by atoms with van der Waals surface area (Å²) >= 11 is 6.18. The van der Waals surface area contributed by atoms with Crippen LogP contribution in [0, 0.1) is 11.3 Å². The van der Waals surface area contributed by atoms with E-state index in [1.807, 2.05) is 41.0 Å². The van der Waals surface area contributed by atoms with Crippen molar-refractivity contribution < 1.29 is 9.47 Å².